The second kappa shape index (κ2) is 7.43. The second-order valence-corrected chi connectivity index (χ2v) is 7.32. The van der Waals surface area contributed by atoms with Crippen molar-refractivity contribution in [2.45, 2.75) is 32.2 Å². The van der Waals surface area contributed by atoms with Crippen molar-refractivity contribution in [2.75, 3.05) is 11.9 Å². The van der Waals surface area contributed by atoms with Crippen LogP contribution >= 0.6 is 11.3 Å². The Balaban J connectivity index is 1.69. The molecule has 9 heteroatoms. The first-order valence-electron chi connectivity index (χ1n) is 8.48. The molecule has 7 nitrogen and oxygen atoms in total. The largest absolute Gasteiger partial charge is 0.325 e. The zero-order chi connectivity index (χ0) is 19.6. The Kier molecular flexibility index (Phi) is 5.22. The van der Waals surface area contributed by atoms with Gasteiger partial charge in [-0.25, -0.2) is 14.2 Å². The third kappa shape index (κ3) is 3.82. The van der Waals surface area contributed by atoms with Gasteiger partial charge in [0.15, 0.2) is 0 Å². The molecule has 2 heterocycles. The second-order valence-electron chi connectivity index (χ2n) is 6.38. The van der Waals surface area contributed by atoms with Gasteiger partial charge in [0.1, 0.15) is 23.7 Å². The number of anilines is 1. The van der Waals surface area contributed by atoms with Gasteiger partial charge in [0.25, 0.3) is 5.91 Å². The molecule has 2 N–H and O–H groups in total. The van der Waals surface area contributed by atoms with E-state index in [0.29, 0.717) is 11.4 Å². The van der Waals surface area contributed by atoms with Gasteiger partial charge in [0.2, 0.25) is 5.91 Å². The Hall–Kier alpha value is -2.81. The lowest BCUT2D eigenvalue weighted by Crippen LogP contribution is -2.42. The van der Waals surface area contributed by atoms with E-state index in [1.807, 2.05) is 6.92 Å². The summed E-state index contributed by atoms with van der Waals surface area (Å²) < 4.78 is 13.1. The number of hydrogen-bond acceptors (Lipinski definition) is 5. The van der Waals surface area contributed by atoms with Crippen LogP contribution in [0.3, 0.4) is 0 Å². The Morgan fingerprint density at radius 1 is 1.33 bits per heavy atom. The lowest BCUT2D eigenvalue weighted by molar-refractivity contribution is -0.133. The average Bonchev–Trinajstić information content (AvgIpc) is 3.14. The van der Waals surface area contributed by atoms with Crippen LogP contribution in [0.2, 0.25) is 0 Å². The van der Waals surface area contributed by atoms with E-state index in [0.717, 1.165) is 22.7 Å². The van der Waals surface area contributed by atoms with Crippen molar-refractivity contribution in [1.82, 2.24) is 15.2 Å². The summed E-state index contributed by atoms with van der Waals surface area (Å²) in [5.74, 6) is -1.13. The van der Waals surface area contributed by atoms with E-state index >= 15 is 0 Å². The monoisotopic (exact) mass is 390 g/mol. The third-order valence-corrected chi connectivity index (χ3v) is 5.19. The molecule has 1 aromatic carbocycles. The summed E-state index contributed by atoms with van der Waals surface area (Å²) in [5, 5.41) is 7.81. The van der Waals surface area contributed by atoms with Crippen LogP contribution in [0.25, 0.3) is 0 Å². The number of imide groups is 1. The number of benzene rings is 1. The molecule has 1 aromatic heterocycles. The maximum atomic E-state index is 13.1. The van der Waals surface area contributed by atoms with E-state index < -0.39 is 35.7 Å². The van der Waals surface area contributed by atoms with Gasteiger partial charge in [-0.2, -0.15) is 0 Å². The number of aromatic nitrogens is 1. The van der Waals surface area contributed by atoms with Crippen LogP contribution in [0.4, 0.5) is 15.0 Å². The molecule has 1 atom stereocenters. The van der Waals surface area contributed by atoms with Crippen LogP contribution in [-0.2, 0) is 21.5 Å². The number of nitrogens with zero attached hydrogens (tertiary/aromatic N) is 2. The van der Waals surface area contributed by atoms with Crippen molar-refractivity contribution in [3.63, 3.8) is 0 Å². The molecule has 3 rings (SSSR count). The quantitative estimate of drug-likeness (QED) is 0.742. The smallest absolute Gasteiger partial charge is 0.319 e. The van der Waals surface area contributed by atoms with Crippen molar-refractivity contribution in [1.29, 1.82) is 0 Å². The summed E-state index contributed by atoms with van der Waals surface area (Å²) in [6.07, 6.45) is 1.77. The summed E-state index contributed by atoms with van der Waals surface area (Å²) in [6, 6.07) is 4.62. The van der Waals surface area contributed by atoms with E-state index in [1.165, 1.54) is 42.5 Å². The van der Waals surface area contributed by atoms with E-state index in [9.17, 15) is 18.8 Å². The molecular formula is C18H19FN4O3S. The van der Waals surface area contributed by atoms with Gasteiger partial charge in [-0.3, -0.25) is 14.5 Å². The minimum Gasteiger partial charge on any atom is -0.319 e. The van der Waals surface area contributed by atoms with E-state index in [-0.39, 0.29) is 0 Å². The van der Waals surface area contributed by atoms with Gasteiger partial charge >= 0.3 is 6.03 Å². The summed E-state index contributed by atoms with van der Waals surface area (Å²) >= 11 is 1.44. The molecule has 0 spiro atoms. The fourth-order valence-corrected chi connectivity index (χ4v) is 3.67. The molecule has 1 aliphatic rings. The third-order valence-electron chi connectivity index (χ3n) is 4.28. The zero-order valence-electron chi connectivity index (χ0n) is 14.9. The van der Waals surface area contributed by atoms with Crippen LogP contribution in [0.1, 0.15) is 30.8 Å². The highest BCUT2D eigenvalue weighted by atomic mass is 32.1. The minimum atomic E-state index is -1.35. The Morgan fingerprint density at radius 2 is 2.04 bits per heavy atom. The molecule has 0 saturated carbocycles. The predicted octanol–water partition coefficient (Wildman–Crippen LogP) is 2.64. The Morgan fingerprint density at radius 3 is 2.70 bits per heavy atom. The zero-order valence-corrected chi connectivity index (χ0v) is 15.7. The lowest BCUT2D eigenvalue weighted by Gasteiger charge is -2.22. The van der Waals surface area contributed by atoms with Gasteiger partial charge < -0.3 is 10.6 Å². The molecule has 0 aliphatic carbocycles. The number of urea groups is 1. The predicted molar refractivity (Wildman–Crippen MR) is 98.7 cm³/mol. The first-order valence-corrected chi connectivity index (χ1v) is 9.36. The van der Waals surface area contributed by atoms with E-state index in [1.54, 1.807) is 5.38 Å². The van der Waals surface area contributed by atoms with Gasteiger partial charge in [0, 0.05) is 5.38 Å². The molecule has 2 aromatic rings. The van der Waals surface area contributed by atoms with Crippen LogP contribution in [0, 0.1) is 5.82 Å². The van der Waals surface area contributed by atoms with Gasteiger partial charge in [-0.05, 0) is 37.5 Å². The first-order chi connectivity index (χ1) is 12.8. The van der Waals surface area contributed by atoms with Crippen molar-refractivity contribution in [2.24, 2.45) is 0 Å². The SMILES string of the molecule is CCCc1nc(NC(=O)CN2C(=O)NC(C)(c3ccc(F)cc3)C2=O)cs1. The summed E-state index contributed by atoms with van der Waals surface area (Å²) in [4.78, 5) is 42.4. The number of amides is 4. The molecule has 1 aliphatic heterocycles. The number of aryl methyl sites for hydroxylation is 1. The van der Waals surface area contributed by atoms with Crippen molar-refractivity contribution in [3.05, 3.63) is 46.0 Å². The molecular weight excluding hydrogens is 371 g/mol. The molecule has 27 heavy (non-hydrogen) atoms. The van der Waals surface area contributed by atoms with Crippen LogP contribution in [0.5, 0.6) is 0 Å². The number of thiazole rings is 1. The molecule has 1 saturated heterocycles. The van der Waals surface area contributed by atoms with Crippen molar-refractivity contribution >= 4 is 35.0 Å². The van der Waals surface area contributed by atoms with E-state index in [2.05, 4.69) is 15.6 Å². The highest BCUT2D eigenvalue weighted by Crippen LogP contribution is 2.29. The minimum absolute atomic E-state index is 0.404. The number of nitrogens with one attached hydrogen (secondary N) is 2. The molecule has 1 unspecified atom stereocenters. The highest BCUT2D eigenvalue weighted by molar-refractivity contribution is 7.10. The summed E-state index contributed by atoms with van der Waals surface area (Å²) in [6.45, 7) is 3.13. The van der Waals surface area contributed by atoms with Crippen LogP contribution in [-0.4, -0.2) is 34.3 Å². The summed E-state index contributed by atoms with van der Waals surface area (Å²) in [5.41, 5.74) is -0.908. The Bertz CT molecular complexity index is 883. The lowest BCUT2D eigenvalue weighted by atomic mass is 9.92. The maximum absolute atomic E-state index is 13.1. The fraction of sp³-hybridized carbons (Fsp3) is 0.333. The van der Waals surface area contributed by atoms with Gasteiger partial charge in [-0.15, -0.1) is 11.3 Å². The number of hydrogen-bond donors (Lipinski definition) is 2. The first kappa shape index (κ1) is 19.0. The maximum Gasteiger partial charge on any atom is 0.325 e. The molecule has 142 valence electrons. The van der Waals surface area contributed by atoms with Gasteiger partial charge in [0.05, 0.1) is 5.01 Å². The standard InChI is InChI=1S/C18H19FN4O3S/c1-3-4-15-21-13(10-27-15)20-14(24)9-23-16(25)18(2,22-17(23)26)11-5-7-12(19)8-6-11/h5-8,10H,3-4,9H2,1-2H3,(H,20,24)(H,22,26). The Labute approximate surface area is 159 Å². The summed E-state index contributed by atoms with van der Waals surface area (Å²) in [7, 11) is 0. The van der Waals surface area contributed by atoms with E-state index in [4.69, 9.17) is 0 Å². The number of halogens is 1. The van der Waals surface area contributed by atoms with Crippen LogP contribution < -0.4 is 10.6 Å². The normalized spacial score (nSPS) is 19.3. The van der Waals surface area contributed by atoms with Crippen molar-refractivity contribution < 1.29 is 18.8 Å². The number of carbonyl (C=O) groups excluding carboxylic acids is 3. The molecule has 4 amide bonds. The average molecular weight is 390 g/mol. The number of carbonyl (C=O) groups is 3. The van der Waals surface area contributed by atoms with Crippen molar-refractivity contribution in [3.8, 4) is 0 Å². The fourth-order valence-electron chi connectivity index (χ4n) is 2.84. The molecule has 1 fully saturated rings. The molecule has 0 bridgehead atoms. The highest BCUT2D eigenvalue weighted by Gasteiger charge is 2.49. The topological polar surface area (TPSA) is 91.4 Å². The van der Waals surface area contributed by atoms with Crippen LogP contribution in [0.15, 0.2) is 29.6 Å². The molecule has 0 radical (unpaired) electrons. The number of rotatable bonds is 6. The van der Waals surface area contributed by atoms with Gasteiger partial charge in [-0.1, -0.05) is 19.1 Å².